The number of fused-ring (bicyclic) bond motifs is 1. The van der Waals surface area contributed by atoms with Gasteiger partial charge in [0.25, 0.3) is 0 Å². The third-order valence-electron chi connectivity index (χ3n) is 4.90. The molecule has 2 aromatic heterocycles. The number of aromatic nitrogens is 4. The SMILES string of the molecule is Cc1cc2nn(CC(=O)Nc3cccc(C)c3C)c(=O)n2c(Nc2ccccc2)n1. The molecule has 8 nitrogen and oxygen atoms in total. The molecule has 4 rings (SSSR count). The van der Waals surface area contributed by atoms with Crippen LogP contribution in [0.4, 0.5) is 17.3 Å². The summed E-state index contributed by atoms with van der Waals surface area (Å²) in [5.74, 6) is 0.0267. The Hall–Kier alpha value is -3.94. The van der Waals surface area contributed by atoms with Crippen molar-refractivity contribution in [3.8, 4) is 0 Å². The Morgan fingerprint density at radius 3 is 2.57 bits per heavy atom. The Morgan fingerprint density at radius 2 is 1.80 bits per heavy atom. The van der Waals surface area contributed by atoms with Gasteiger partial charge in [0.05, 0.1) is 0 Å². The highest BCUT2D eigenvalue weighted by molar-refractivity contribution is 5.91. The van der Waals surface area contributed by atoms with Crippen molar-refractivity contribution in [2.45, 2.75) is 27.3 Å². The fourth-order valence-electron chi connectivity index (χ4n) is 3.20. The standard InChI is InChI=1S/C22H22N6O2/c1-14-8-7-11-18(16(14)3)25-20(29)13-27-22(30)28-19(26-27)12-15(2)23-21(28)24-17-9-5-4-6-10-17/h4-12H,13H2,1-3H3,(H,23,24)(H,25,29). The van der Waals surface area contributed by atoms with Gasteiger partial charge in [0.2, 0.25) is 11.9 Å². The third-order valence-corrected chi connectivity index (χ3v) is 4.90. The van der Waals surface area contributed by atoms with Gasteiger partial charge in [-0.15, -0.1) is 5.10 Å². The highest BCUT2D eigenvalue weighted by Crippen LogP contribution is 2.18. The van der Waals surface area contributed by atoms with Crippen molar-refractivity contribution in [3.63, 3.8) is 0 Å². The minimum absolute atomic E-state index is 0.197. The van der Waals surface area contributed by atoms with Crippen LogP contribution in [-0.2, 0) is 11.3 Å². The molecular formula is C22H22N6O2. The molecule has 8 heteroatoms. The van der Waals surface area contributed by atoms with E-state index in [-0.39, 0.29) is 12.5 Å². The highest BCUT2D eigenvalue weighted by Gasteiger charge is 2.16. The van der Waals surface area contributed by atoms with Gasteiger partial charge in [-0.25, -0.2) is 18.9 Å². The first-order valence-electron chi connectivity index (χ1n) is 9.58. The average molecular weight is 402 g/mol. The maximum Gasteiger partial charge on any atom is 0.353 e. The zero-order valence-corrected chi connectivity index (χ0v) is 17.0. The van der Waals surface area contributed by atoms with Gasteiger partial charge in [-0.2, -0.15) is 0 Å². The molecule has 0 atom stereocenters. The molecule has 0 aliphatic heterocycles. The summed E-state index contributed by atoms with van der Waals surface area (Å²) in [5, 5.41) is 10.3. The number of nitrogens with zero attached hydrogens (tertiary/aromatic N) is 4. The molecule has 4 aromatic rings. The number of hydrogen-bond donors (Lipinski definition) is 2. The molecule has 2 heterocycles. The smallest absolute Gasteiger partial charge is 0.325 e. The fraction of sp³-hybridized carbons (Fsp3) is 0.182. The van der Waals surface area contributed by atoms with Crippen LogP contribution >= 0.6 is 0 Å². The number of amides is 1. The first-order chi connectivity index (χ1) is 14.4. The highest BCUT2D eigenvalue weighted by atomic mass is 16.2. The predicted molar refractivity (Wildman–Crippen MR) is 116 cm³/mol. The van der Waals surface area contributed by atoms with Gasteiger partial charge in [-0.1, -0.05) is 30.3 Å². The Kier molecular flexibility index (Phi) is 5.05. The summed E-state index contributed by atoms with van der Waals surface area (Å²) < 4.78 is 2.51. The third kappa shape index (κ3) is 3.80. The summed E-state index contributed by atoms with van der Waals surface area (Å²) in [6.07, 6.45) is 0. The maximum atomic E-state index is 13.0. The van der Waals surface area contributed by atoms with Crippen molar-refractivity contribution in [2.24, 2.45) is 0 Å². The molecule has 0 aliphatic rings. The van der Waals surface area contributed by atoms with E-state index in [4.69, 9.17) is 0 Å². The molecule has 0 radical (unpaired) electrons. The number of anilines is 3. The quantitative estimate of drug-likeness (QED) is 0.535. The Balaban J connectivity index is 1.65. The van der Waals surface area contributed by atoms with Crippen LogP contribution in [0.25, 0.3) is 5.65 Å². The second-order valence-corrected chi connectivity index (χ2v) is 7.14. The molecule has 152 valence electrons. The summed E-state index contributed by atoms with van der Waals surface area (Å²) in [6.45, 7) is 5.55. The summed E-state index contributed by atoms with van der Waals surface area (Å²) in [5.41, 5.74) is 4.28. The van der Waals surface area contributed by atoms with Crippen molar-refractivity contribution in [1.82, 2.24) is 19.2 Å². The van der Waals surface area contributed by atoms with E-state index in [1.165, 1.54) is 4.40 Å². The number of benzene rings is 2. The molecule has 2 aromatic carbocycles. The van der Waals surface area contributed by atoms with Crippen LogP contribution < -0.4 is 16.3 Å². The lowest BCUT2D eigenvalue weighted by Crippen LogP contribution is -2.29. The van der Waals surface area contributed by atoms with Gasteiger partial charge in [0, 0.05) is 23.1 Å². The van der Waals surface area contributed by atoms with Crippen molar-refractivity contribution < 1.29 is 4.79 Å². The lowest BCUT2D eigenvalue weighted by Gasteiger charge is -2.10. The van der Waals surface area contributed by atoms with E-state index >= 15 is 0 Å². The molecule has 0 spiro atoms. The number of aryl methyl sites for hydroxylation is 2. The number of para-hydroxylation sites is 1. The second-order valence-electron chi connectivity index (χ2n) is 7.14. The molecule has 0 bridgehead atoms. The molecule has 1 amide bonds. The lowest BCUT2D eigenvalue weighted by molar-refractivity contribution is -0.117. The Bertz CT molecular complexity index is 1290. The van der Waals surface area contributed by atoms with E-state index < -0.39 is 5.69 Å². The van der Waals surface area contributed by atoms with Crippen LogP contribution in [0.3, 0.4) is 0 Å². The van der Waals surface area contributed by atoms with E-state index in [0.29, 0.717) is 17.3 Å². The number of nitrogens with one attached hydrogen (secondary N) is 2. The first kappa shape index (κ1) is 19.4. The van der Waals surface area contributed by atoms with Gasteiger partial charge in [-0.05, 0) is 50.1 Å². The summed E-state index contributed by atoms with van der Waals surface area (Å²) in [6, 6.07) is 16.8. The van der Waals surface area contributed by atoms with E-state index in [1.807, 2.05) is 69.3 Å². The first-order valence-corrected chi connectivity index (χ1v) is 9.58. The van der Waals surface area contributed by atoms with Gasteiger partial charge in [0.1, 0.15) is 6.54 Å². The monoisotopic (exact) mass is 402 g/mol. The van der Waals surface area contributed by atoms with Crippen LogP contribution in [0.2, 0.25) is 0 Å². The van der Waals surface area contributed by atoms with Gasteiger partial charge >= 0.3 is 5.69 Å². The molecule has 30 heavy (non-hydrogen) atoms. The van der Waals surface area contributed by atoms with E-state index in [0.717, 1.165) is 27.2 Å². The van der Waals surface area contributed by atoms with E-state index in [1.54, 1.807) is 6.07 Å². The average Bonchev–Trinajstić information content (AvgIpc) is 3.01. The maximum absolute atomic E-state index is 13.0. The molecule has 0 fully saturated rings. The zero-order chi connectivity index (χ0) is 21.3. The largest absolute Gasteiger partial charge is 0.353 e. The summed E-state index contributed by atoms with van der Waals surface area (Å²) in [7, 11) is 0. The van der Waals surface area contributed by atoms with Gasteiger partial charge in [-0.3, -0.25) is 4.79 Å². The molecule has 0 saturated carbocycles. The second kappa shape index (κ2) is 7.82. The molecule has 2 N–H and O–H groups in total. The van der Waals surface area contributed by atoms with Crippen molar-refractivity contribution in [2.75, 3.05) is 10.6 Å². The predicted octanol–water partition coefficient (Wildman–Crippen LogP) is 3.20. The summed E-state index contributed by atoms with van der Waals surface area (Å²) >= 11 is 0. The van der Waals surface area contributed by atoms with Crippen molar-refractivity contribution >= 4 is 28.9 Å². The van der Waals surface area contributed by atoms with Gasteiger partial charge in [0.15, 0.2) is 5.65 Å². The molecule has 0 saturated heterocycles. The van der Waals surface area contributed by atoms with Crippen LogP contribution in [0.15, 0.2) is 59.4 Å². The van der Waals surface area contributed by atoms with Crippen molar-refractivity contribution in [3.05, 3.63) is 81.9 Å². The minimum atomic E-state index is -0.438. The van der Waals surface area contributed by atoms with Crippen LogP contribution in [0.1, 0.15) is 16.8 Å². The van der Waals surface area contributed by atoms with Crippen LogP contribution in [-0.4, -0.2) is 25.1 Å². The molecule has 0 unspecified atom stereocenters. The molecular weight excluding hydrogens is 380 g/mol. The van der Waals surface area contributed by atoms with E-state index in [9.17, 15) is 9.59 Å². The molecule has 0 aliphatic carbocycles. The normalized spacial score (nSPS) is 10.9. The van der Waals surface area contributed by atoms with E-state index in [2.05, 4.69) is 20.7 Å². The fourth-order valence-corrected chi connectivity index (χ4v) is 3.20. The lowest BCUT2D eigenvalue weighted by atomic mass is 10.1. The van der Waals surface area contributed by atoms with Crippen LogP contribution in [0, 0.1) is 20.8 Å². The number of carbonyl (C=O) groups is 1. The number of hydrogen-bond acceptors (Lipinski definition) is 5. The summed E-state index contributed by atoms with van der Waals surface area (Å²) in [4.78, 5) is 30.0. The Morgan fingerprint density at radius 1 is 1.03 bits per heavy atom. The zero-order valence-electron chi connectivity index (χ0n) is 17.0. The number of carbonyl (C=O) groups excluding carboxylic acids is 1. The van der Waals surface area contributed by atoms with Crippen molar-refractivity contribution in [1.29, 1.82) is 0 Å². The topological polar surface area (TPSA) is 93.3 Å². The Labute approximate surface area is 173 Å². The van der Waals surface area contributed by atoms with Crippen LogP contribution in [0.5, 0.6) is 0 Å². The minimum Gasteiger partial charge on any atom is -0.325 e. The number of rotatable bonds is 5. The van der Waals surface area contributed by atoms with Gasteiger partial charge < -0.3 is 10.6 Å².